The lowest BCUT2D eigenvalue weighted by molar-refractivity contribution is -0.139. The third-order valence-electron chi connectivity index (χ3n) is 4.01. The van der Waals surface area contributed by atoms with Gasteiger partial charge in [0, 0.05) is 12.2 Å². The van der Waals surface area contributed by atoms with Gasteiger partial charge in [0.1, 0.15) is 0 Å². The third kappa shape index (κ3) is 3.68. The molecule has 0 bridgehead atoms. The van der Waals surface area contributed by atoms with Crippen molar-refractivity contribution in [1.82, 2.24) is 10.2 Å². The molecule has 136 valence electrons. The summed E-state index contributed by atoms with van der Waals surface area (Å²) in [6, 6.07) is 2.34. The lowest BCUT2D eigenvalue weighted by Crippen LogP contribution is -2.47. The highest BCUT2D eigenvalue weighted by Gasteiger charge is 2.36. The predicted molar refractivity (Wildman–Crippen MR) is 100 cm³/mol. The summed E-state index contributed by atoms with van der Waals surface area (Å²) in [5.74, 6) is -0.192. The zero-order valence-corrected chi connectivity index (χ0v) is 16.7. The molecule has 2 amide bonds. The van der Waals surface area contributed by atoms with Gasteiger partial charge in [0.15, 0.2) is 11.5 Å². The molecule has 0 saturated carbocycles. The van der Waals surface area contributed by atoms with Gasteiger partial charge in [-0.1, -0.05) is 0 Å². The first kappa shape index (κ1) is 19.4. The molecule has 1 aromatic rings. The Morgan fingerprint density at radius 2 is 2.08 bits per heavy atom. The number of halogens is 1. The Morgan fingerprint density at radius 1 is 1.40 bits per heavy atom. The Kier molecular flexibility index (Phi) is 6.15. The minimum absolute atomic E-state index is 0.0163. The maximum atomic E-state index is 12.5. The summed E-state index contributed by atoms with van der Waals surface area (Å²) in [6.45, 7) is 5.96. The summed E-state index contributed by atoms with van der Waals surface area (Å²) in [5.41, 5.74) is 1.55. The van der Waals surface area contributed by atoms with Crippen LogP contribution in [0.3, 0.4) is 0 Å². The van der Waals surface area contributed by atoms with Crippen molar-refractivity contribution in [2.24, 2.45) is 0 Å². The van der Waals surface area contributed by atoms with E-state index < -0.39 is 12.0 Å². The molecule has 1 heterocycles. The van der Waals surface area contributed by atoms with Gasteiger partial charge in [0.05, 0.1) is 28.9 Å². The number of aromatic hydroxyl groups is 1. The number of methoxy groups -OCH3 is 1. The van der Waals surface area contributed by atoms with Crippen molar-refractivity contribution in [2.75, 3.05) is 20.3 Å². The fourth-order valence-corrected chi connectivity index (χ4v) is 3.43. The number of benzene rings is 1. The van der Waals surface area contributed by atoms with Gasteiger partial charge in [-0.25, -0.2) is 9.59 Å². The minimum atomic E-state index is -0.683. The van der Waals surface area contributed by atoms with E-state index in [1.807, 2.05) is 29.5 Å². The maximum Gasteiger partial charge on any atom is 0.338 e. The first-order valence-electron chi connectivity index (χ1n) is 7.87. The first-order valence-corrected chi connectivity index (χ1v) is 8.95. The molecular formula is C17H21IN2O5. The zero-order valence-electron chi connectivity index (χ0n) is 14.6. The van der Waals surface area contributed by atoms with Gasteiger partial charge < -0.3 is 19.9 Å². The van der Waals surface area contributed by atoms with E-state index in [-0.39, 0.29) is 24.1 Å². The van der Waals surface area contributed by atoms with E-state index in [1.54, 1.807) is 26.0 Å². The number of urea groups is 1. The molecule has 1 atom stereocenters. The maximum absolute atomic E-state index is 12.5. The van der Waals surface area contributed by atoms with Crippen molar-refractivity contribution in [3.63, 3.8) is 0 Å². The second kappa shape index (κ2) is 7.94. The van der Waals surface area contributed by atoms with Gasteiger partial charge in [-0.2, -0.15) is 0 Å². The summed E-state index contributed by atoms with van der Waals surface area (Å²) >= 11 is 1.97. The van der Waals surface area contributed by atoms with Gasteiger partial charge in [-0.15, -0.1) is 0 Å². The van der Waals surface area contributed by atoms with Gasteiger partial charge >= 0.3 is 12.0 Å². The number of ether oxygens (including phenoxy) is 2. The Labute approximate surface area is 160 Å². The summed E-state index contributed by atoms with van der Waals surface area (Å²) in [6.07, 6.45) is 0. The van der Waals surface area contributed by atoms with Crippen LogP contribution in [0.5, 0.6) is 11.5 Å². The van der Waals surface area contributed by atoms with Crippen molar-refractivity contribution < 1.29 is 24.2 Å². The Morgan fingerprint density at radius 3 is 2.64 bits per heavy atom. The van der Waals surface area contributed by atoms with E-state index in [0.29, 0.717) is 26.9 Å². The lowest BCUT2D eigenvalue weighted by atomic mass is 9.94. The number of nitrogens with zero attached hydrogens (tertiary/aromatic N) is 1. The van der Waals surface area contributed by atoms with Crippen LogP contribution in [0.4, 0.5) is 4.79 Å². The van der Waals surface area contributed by atoms with E-state index in [4.69, 9.17) is 9.47 Å². The summed E-state index contributed by atoms with van der Waals surface area (Å²) < 4.78 is 10.9. The molecule has 0 radical (unpaired) electrons. The van der Waals surface area contributed by atoms with E-state index >= 15 is 0 Å². The number of allylic oxidation sites excluding steroid dienone is 1. The number of esters is 1. The highest BCUT2D eigenvalue weighted by molar-refractivity contribution is 14.1. The second-order valence-corrected chi connectivity index (χ2v) is 6.56. The number of amides is 2. The van der Waals surface area contributed by atoms with Gasteiger partial charge in [-0.05, 0) is 61.1 Å². The van der Waals surface area contributed by atoms with Crippen LogP contribution in [-0.2, 0) is 9.53 Å². The zero-order chi connectivity index (χ0) is 18.7. The van der Waals surface area contributed by atoms with Crippen LogP contribution < -0.4 is 10.1 Å². The topological polar surface area (TPSA) is 88.1 Å². The highest BCUT2D eigenvalue weighted by atomic mass is 127. The van der Waals surface area contributed by atoms with Crippen molar-refractivity contribution in [3.05, 3.63) is 32.5 Å². The summed E-state index contributed by atoms with van der Waals surface area (Å²) in [5, 5.41) is 12.9. The van der Waals surface area contributed by atoms with E-state index in [0.717, 1.165) is 0 Å². The third-order valence-corrected chi connectivity index (χ3v) is 4.83. The molecule has 2 rings (SSSR count). The fourth-order valence-electron chi connectivity index (χ4n) is 2.80. The number of nitrogens with one attached hydrogen (secondary N) is 1. The van der Waals surface area contributed by atoms with Crippen LogP contribution in [0.1, 0.15) is 32.4 Å². The predicted octanol–water partition coefficient (Wildman–Crippen LogP) is 2.93. The lowest BCUT2D eigenvalue weighted by Gasteiger charge is -2.35. The SMILES string of the molecule is CCOC(=O)C1=C(C)N(CC)C(=O)N[C@@H]1c1cc(I)c(O)c(OC)c1. The molecule has 0 aliphatic carbocycles. The molecule has 2 N–H and O–H groups in total. The van der Waals surface area contributed by atoms with Crippen molar-refractivity contribution in [3.8, 4) is 11.5 Å². The van der Waals surface area contributed by atoms with Gasteiger partial charge in [0.2, 0.25) is 0 Å². The molecule has 8 heteroatoms. The van der Waals surface area contributed by atoms with E-state index in [9.17, 15) is 14.7 Å². The molecular weight excluding hydrogens is 439 g/mol. The Bertz CT molecular complexity index is 732. The number of phenolic OH excluding ortho intramolecular Hbond substituents is 1. The molecule has 0 spiro atoms. The number of carbonyl (C=O) groups excluding carboxylic acids is 2. The molecule has 7 nitrogen and oxygen atoms in total. The van der Waals surface area contributed by atoms with Crippen LogP contribution >= 0.6 is 22.6 Å². The van der Waals surface area contributed by atoms with Crippen LogP contribution in [0.2, 0.25) is 0 Å². The molecule has 1 aliphatic heterocycles. The number of hydrogen-bond acceptors (Lipinski definition) is 5. The summed E-state index contributed by atoms with van der Waals surface area (Å²) in [7, 11) is 1.44. The van der Waals surface area contributed by atoms with Crippen molar-refractivity contribution in [1.29, 1.82) is 0 Å². The van der Waals surface area contributed by atoms with Crippen LogP contribution in [0.25, 0.3) is 0 Å². The number of carbonyl (C=O) groups is 2. The van der Waals surface area contributed by atoms with Crippen LogP contribution in [0.15, 0.2) is 23.4 Å². The normalized spacial score (nSPS) is 17.4. The monoisotopic (exact) mass is 460 g/mol. The average Bonchev–Trinajstić information content (AvgIpc) is 2.57. The molecule has 25 heavy (non-hydrogen) atoms. The largest absolute Gasteiger partial charge is 0.504 e. The Hall–Kier alpha value is -1.97. The van der Waals surface area contributed by atoms with Crippen molar-refractivity contribution >= 4 is 34.6 Å². The molecule has 0 fully saturated rings. The van der Waals surface area contributed by atoms with Crippen LogP contribution in [0, 0.1) is 3.57 Å². The molecule has 1 aliphatic rings. The van der Waals surface area contributed by atoms with Crippen molar-refractivity contribution in [2.45, 2.75) is 26.8 Å². The van der Waals surface area contributed by atoms with Crippen LogP contribution in [-0.4, -0.2) is 42.3 Å². The first-order chi connectivity index (χ1) is 11.8. The highest BCUT2D eigenvalue weighted by Crippen LogP contribution is 2.38. The minimum Gasteiger partial charge on any atom is -0.504 e. The molecule has 1 aromatic carbocycles. The number of rotatable bonds is 5. The smallest absolute Gasteiger partial charge is 0.338 e. The van der Waals surface area contributed by atoms with Gasteiger partial charge in [-0.3, -0.25) is 4.90 Å². The molecule has 0 aromatic heterocycles. The Balaban J connectivity index is 2.61. The quantitative estimate of drug-likeness (QED) is 0.521. The number of phenols is 1. The standard InChI is InChI=1S/C17H21IN2O5/c1-5-20-9(3)13(16(22)25-6-2)14(19-17(20)23)10-7-11(18)15(21)12(8-10)24-4/h7-8,14,21H,5-6H2,1-4H3,(H,19,23)/t14-/m1/s1. The average molecular weight is 460 g/mol. The molecule has 0 unspecified atom stereocenters. The summed E-state index contributed by atoms with van der Waals surface area (Å²) in [4.78, 5) is 26.4. The van der Waals surface area contributed by atoms with Gasteiger partial charge in [0.25, 0.3) is 0 Å². The second-order valence-electron chi connectivity index (χ2n) is 5.40. The molecule has 0 saturated heterocycles. The fraction of sp³-hybridized carbons (Fsp3) is 0.412. The van der Waals surface area contributed by atoms with E-state index in [2.05, 4.69) is 5.32 Å². The van der Waals surface area contributed by atoms with E-state index in [1.165, 1.54) is 12.0 Å². The number of hydrogen-bond donors (Lipinski definition) is 2.